The number of nitrogens with zero attached hydrogens (tertiary/aromatic N) is 1. The van der Waals surface area contributed by atoms with Gasteiger partial charge in [-0.3, -0.25) is 0 Å². The topological polar surface area (TPSA) is 3.24 Å². The fourth-order valence-corrected chi connectivity index (χ4v) is 3.31. The number of benzene rings is 2. The lowest BCUT2D eigenvalue weighted by Crippen LogP contribution is -2.25. The summed E-state index contributed by atoms with van der Waals surface area (Å²) >= 11 is 12.1. The Hall–Kier alpha value is -1.18. The van der Waals surface area contributed by atoms with Gasteiger partial charge in [-0.05, 0) is 41.7 Å². The number of anilines is 1. The third-order valence-electron chi connectivity index (χ3n) is 3.97. The number of alkyl halides is 1. The molecule has 0 fully saturated rings. The van der Waals surface area contributed by atoms with Crippen molar-refractivity contribution in [3.63, 3.8) is 0 Å². The van der Waals surface area contributed by atoms with Crippen molar-refractivity contribution in [3.05, 3.63) is 64.2 Å². The van der Waals surface area contributed by atoms with Crippen molar-refractivity contribution in [1.82, 2.24) is 0 Å². The predicted molar refractivity (Wildman–Crippen MR) is 87.1 cm³/mol. The Morgan fingerprint density at radius 1 is 0.950 bits per heavy atom. The molecular formula is C17H17Cl2N. The van der Waals surface area contributed by atoms with Crippen LogP contribution in [0.25, 0.3) is 0 Å². The maximum Gasteiger partial charge on any atom is 0.0488 e. The highest BCUT2D eigenvalue weighted by Gasteiger charge is 2.14. The highest BCUT2D eigenvalue weighted by atomic mass is 35.5. The summed E-state index contributed by atoms with van der Waals surface area (Å²) in [7, 11) is 0. The van der Waals surface area contributed by atoms with Crippen LogP contribution in [0.4, 0.5) is 5.69 Å². The molecule has 0 aliphatic carbocycles. The number of fused-ring (bicyclic) bond motifs is 1. The second kappa shape index (κ2) is 6.07. The second-order valence-corrected chi connectivity index (χ2v) is 5.84. The monoisotopic (exact) mass is 305 g/mol. The highest BCUT2D eigenvalue weighted by Crippen LogP contribution is 2.27. The van der Waals surface area contributed by atoms with Crippen molar-refractivity contribution < 1.29 is 0 Å². The van der Waals surface area contributed by atoms with Gasteiger partial charge in [-0.2, -0.15) is 0 Å². The molecule has 0 spiro atoms. The van der Waals surface area contributed by atoms with Crippen molar-refractivity contribution in [2.24, 2.45) is 0 Å². The van der Waals surface area contributed by atoms with Gasteiger partial charge in [-0.25, -0.2) is 0 Å². The summed E-state index contributed by atoms with van der Waals surface area (Å²) in [6.45, 7) is 2.07. The van der Waals surface area contributed by atoms with E-state index in [0.29, 0.717) is 5.88 Å². The molecule has 1 aliphatic heterocycles. The summed E-state index contributed by atoms with van der Waals surface area (Å²) in [5.41, 5.74) is 5.13. The Morgan fingerprint density at radius 2 is 1.60 bits per heavy atom. The highest BCUT2D eigenvalue weighted by molar-refractivity contribution is 6.32. The van der Waals surface area contributed by atoms with E-state index in [2.05, 4.69) is 35.2 Å². The average Bonchev–Trinajstić information content (AvgIpc) is 2.70. The van der Waals surface area contributed by atoms with E-state index in [1.54, 1.807) is 0 Å². The third-order valence-corrected chi connectivity index (χ3v) is 4.61. The normalized spacial score (nSPS) is 14.8. The molecule has 0 atom stereocenters. The Bertz CT molecular complexity index is 583. The fraction of sp³-hybridized carbons (Fsp3) is 0.294. The van der Waals surface area contributed by atoms with Gasteiger partial charge in [0.1, 0.15) is 0 Å². The van der Waals surface area contributed by atoms with Gasteiger partial charge in [0.05, 0.1) is 0 Å². The third kappa shape index (κ3) is 2.79. The Morgan fingerprint density at radius 3 is 2.15 bits per heavy atom. The summed E-state index contributed by atoms with van der Waals surface area (Å²) in [6.07, 6.45) is 2.18. The molecule has 104 valence electrons. The molecule has 2 aromatic carbocycles. The van der Waals surface area contributed by atoms with Crippen LogP contribution in [0.15, 0.2) is 42.5 Å². The van der Waals surface area contributed by atoms with Crippen molar-refractivity contribution in [2.75, 3.05) is 18.0 Å². The van der Waals surface area contributed by atoms with E-state index in [4.69, 9.17) is 23.2 Å². The lowest BCUT2D eigenvalue weighted by atomic mass is 10.0. The summed E-state index contributed by atoms with van der Waals surface area (Å²) in [5, 5.41) is 0.763. The summed E-state index contributed by atoms with van der Waals surface area (Å²) in [4.78, 5) is 2.41. The van der Waals surface area contributed by atoms with Crippen LogP contribution >= 0.6 is 23.2 Å². The van der Waals surface area contributed by atoms with E-state index >= 15 is 0 Å². The SMILES string of the molecule is ClCc1ccc(N2CCc3ccccc3CC2)cc1Cl. The fourth-order valence-electron chi connectivity index (χ4n) is 2.77. The minimum atomic E-state index is 0.463. The quantitative estimate of drug-likeness (QED) is 0.728. The summed E-state index contributed by atoms with van der Waals surface area (Å²) in [5.74, 6) is 0.463. The van der Waals surface area contributed by atoms with Crippen molar-refractivity contribution in [1.29, 1.82) is 0 Å². The molecule has 0 saturated carbocycles. The zero-order valence-electron chi connectivity index (χ0n) is 11.3. The molecular weight excluding hydrogens is 289 g/mol. The number of halogens is 2. The van der Waals surface area contributed by atoms with Gasteiger partial charge in [-0.1, -0.05) is 41.9 Å². The minimum Gasteiger partial charge on any atom is -0.371 e. The largest absolute Gasteiger partial charge is 0.371 e. The molecule has 0 N–H and O–H groups in total. The Kier molecular flexibility index (Phi) is 4.18. The summed E-state index contributed by atoms with van der Waals surface area (Å²) < 4.78 is 0. The average molecular weight is 306 g/mol. The molecule has 1 nitrogen and oxygen atoms in total. The van der Waals surface area contributed by atoms with Gasteiger partial charge in [-0.15, -0.1) is 11.6 Å². The van der Waals surface area contributed by atoms with Gasteiger partial charge in [0.25, 0.3) is 0 Å². The molecule has 0 saturated heterocycles. The number of hydrogen-bond acceptors (Lipinski definition) is 1. The molecule has 2 aromatic rings. The smallest absolute Gasteiger partial charge is 0.0488 e. The Balaban J connectivity index is 1.81. The molecule has 0 bridgehead atoms. The standard InChI is InChI=1S/C17H17Cl2N/c18-12-15-5-6-16(11-17(15)19)20-9-7-13-3-1-2-4-14(13)8-10-20/h1-6,11H,7-10,12H2. The van der Waals surface area contributed by atoms with Gasteiger partial charge in [0.15, 0.2) is 0 Å². The maximum atomic E-state index is 6.27. The van der Waals surface area contributed by atoms with Gasteiger partial charge in [0, 0.05) is 29.7 Å². The van der Waals surface area contributed by atoms with E-state index in [1.807, 2.05) is 12.1 Å². The van der Waals surface area contributed by atoms with Crippen molar-refractivity contribution in [2.45, 2.75) is 18.7 Å². The molecule has 0 unspecified atom stereocenters. The predicted octanol–water partition coefficient (Wildman–Crippen LogP) is 4.68. The summed E-state index contributed by atoms with van der Waals surface area (Å²) in [6, 6.07) is 14.9. The number of rotatable bonds is 2. The van der Waals surface area contributed by atoms with Crippen LogP contribution in [0, 0.1) is 0 Å². The van der Waals surface area contributed by atoms with E-state index in [0.717, 1.165) is 36.5 Å². The van der Waals surface area contributed by atoms with Crippen LogP contribution in [0.3, 0.4) is 0 Å². The van der Waals surface area contributed by atoms with Crippen LogP contribution in [0.2, 0.25) is 5.02 Å². The lowest BCUT2D eigenvalue weighted by Gasteiger charge is -2.23. The van der Waals surface area contributed by atoms with E-state index in [-0.39, 0.29) is 0 Å². The Labute approximate surface area is 130 Å². The molecule has 0 amide bonds. The molecule has 20 heavy (non-hydrogen) atoms. The van der Waals surface area contributed by atoms with Crippen molar-refractivity contribution in [3.8, 4) is 0 Å². The van der Waals surface area contributed by atoms with E-state index in [1.165, 1.54) is 16.8 Å². The zero-order chi connectivity index (χ0) is 13.9. The van der Waals surface area contributed by atoms with Crippen LogP contribution in [0.5, 0.6) is 0 Å². The first-order valence-corrected chi connectivity index (χ1v) is 7.85. The lowest BCUT2D eigenvalue weighted by molar-refractivity contribution is 0.805. The first-order valence-electron chi connectivity index (χ1n) is 6.94. The van der Waals surface area contributed by atoms with Crippen LogP contribution in [-0.4, -0.2) is 13.1 Å². The van der Waals surface area contributed by atoms with Gasteiger partial charge < -0.3 is 4.90 Å². The van der Waals surface area contributed by atoms with E-state index < -0.39 is 0 Å². The van der Waals surface area contributed by atoms with Crippen LogP contribution in [-0.2, 0) is 18.7 Å². The first-order chi connectivity index (χ1) is 9.78. The first kappa shape index (κ1) is 13.8. The maximum absolute atomic E-state index is 6.27. The molecule has 3 heteroatoms. The number of hydrogen-bond donors (Lipinski definition) is 0. The molecule has 1 heterocycles. The van der Waals surface area contributed by atoms with E-state index in [9.17, 15) is 0 Å². The van der Waals surface area contributed by atoms with Gasteiger partial charge in [0.2, 0.25) is 0 Å². The molecule has 0 radical (unpaired) electrons. The zero-order valence-corrected chi connectivity index (χ0v) is 12.8. The molecule has 1 aliphatic rings. The molecule has 3 rings (SSSR count). The van der Waals surface area contributed by atoms with Gasteiger partial charge >= 0.3 is 0 Å². The van der Waals surface area contributed by atoms with Crippen LogP contribution < -0.4 is 4.90 Å². The second-order valence-electron chi connectivity index (χ2n) is 5.17. The van der Waals surface area contributed by atoms with Crippen molar-refractivity contribution >= 4 is 28.9 Å². The van der Waals surface area contributed by atoms with Crippen LogP contribution in [0.1, 0.15) is 16.7 Å². The minimum absolute atomic E-state index is 0.463. The molecule has 0 aromatic heterocycles.